The van der Waals surface area contributed by atoms with Crippen molar-refractivity contribution in [1.82, 2.24) is 0 Å². The van der Waals surface area contributed by atoms with Crippen molar-refractivity contribution in [3.63, 3.8) is 0 Å². The molecular formula is C11H14N2O2. The number of carbonyl (C=O) groups is 1. The van der Waals surface area contributed by atoms with Crippen molar-refractivity contribution in [2.24, 2.45) is 0 Å². The molecule has 1 aliphatic heterocycles. The first-order chi connectivity index (χ1) is 7.03. The summed E-state index contributed by atoms with van der Waals surface area (Å²) in [7, 11) is 0. The van der Waals surface area contributed by atoms with E-state index in [9.17, 15) is 4.79 Å². The molecule has 0 fully saturated rings. The van der Waals surface area contributed by atoms with Crippen LogP contribution in [0.3, 0.4) is 0 Å². The van der Waals surface area contributed by atoms with E-state index in [2.05, 4.69) is 5.32 Å². The zero-order valence-electron chi connectivity index (χ0n) is 8.78. The van der Waals surface area contributed by atoms with Crippen LogP contribution in [0.4, 0.5) is 11.4 Å². The van der Waals surface area contributed by atoms with Crippen LogP contribution in [0.2, 0.25) is 0 Å². The Bertz CT molecular complexity index is 402. The van der Waals surface area contributed by atoms with Gasteiger partial charge in [-0.05, 0) is 32.0 Å². The lowest BCUT2D eigenvalue weighted by molar-refractivity contribution is -0.112. The summed E-state index contributed by atoms with van der Waals surface area (Å²) in [6, 6.07) is 4.99. The third-order valence-electron chi connectivity index (χ3n) is 2.57. The molecule has 0 radical (unpaired) electrons. The molecule has 0 bridgehead atoms. The number of aldehydes is 1. The summed E-state index contributed by atoms with van der Waals surface area (Å²) in [6.45, 7) is 3.75. The van der Waals surface area contributed by atoms with Crippen molar-refractivity contribution in [3.8, 4) is 5.75 Å². The first kappa shape index (κ1) is 9.83. The largest absolute Gasteiger partial charge is 0.483 e. The Labute approximate surface area is 88.4 Å². The predicted molar refractivity (Wildman–Crippen MR) is 59.0 cm³/mol. The maximum absolute atomic E-state index is 10.9. The summed E-state index contributed by atoms with van der Waals surface area (Å²) in [5.41, 5.74) is 6.53. The Hall–Kier alpha value is -1.71. The molecule has 0 saturated heterocycles. The van der Waals surface area contributed by atoms with Crippen molar-refractivity contribution in [2.45, 2.75) is 25.5 Å². The summed E-state index contributed by atoms with van der Waals surface area (Å²) < 4.78 is 5.73. The zero-order chi connectivity index (χ0) is 11.1. The molecule has 80 valence electrons. The van der Waals surface area contributed by atoms with Gasteiger partial charge in [0.25, 0.3) is 0 Å². The van der Waals surface area contributed by atoms with E-state index in [1.807, 2.05) is 13.8 Å². The van der Waals surface area contributed by atoms with E-state index in [4.69, 9.17) is 10.5 Å². The van der Waals surface area contributed by atoms with Crippen LogP contribution in [0.1, 0.15) is 13.8 Å². The highest BCUT2D eigenvalue weighted by molar-refractivity contribution is 5.73. The van der Waals surface area contributed by atoms with Gasteiger partial charge < -0.3 is 20.6 Å². The highest BCUT2D eigenvalue weighted by atomic mass is 16.5. The Morgan fingerprint density at radius 1 is 1.53 bits per heavy atom. The van der Waals surface area contributed by atoms with Gasteiger partial charge in [-0.25, -0.2) is 0 Å². The third-order valence-corrected chi connectivity index (χ3v) is 2.57. The normalized spacial score (nSPS) is 22.1. The minimum atomic E-state index is -0.537. The molecule has 0 saturated carbocycles. The van der Waals surface area contributed by atoms with E-state index in [0.29, 0.717) is 5.69 Å². The van der Waals surface area contributed by atoms with E-state index < -0.39 is 5.60 Å². The summed E-state index contributed by atoms with van der Waals surface area (Å²) in [5.74, 6) is 0.729. The van der Waals surface area contributed by atoms with Gasteiger partial charge in [-0.15, -0.1) is 0 Å². The molecule has 1 heterocycles. The van der Waals surface area contributed by atoms with Gasteiger partial charge in [-0.2, -0.15) is 0 Å². The molecule has 1 unspecified atom stereocenters. The molecule has 0 aliphatic carbocycles. The fourth-order valence-electron chi connectivity index (χ4n) is 1.64. The van der Waals surface area contributed by atoms with Gasteiger partial charge >= 0.3 is 0 Å². The zero-order valence-corrected chi connectivity index (χ0v) is 8.78. The number of anilines is 2. The highest BCUT2D eigenvalue weighted by Crippen LogP contribution is 2.36. The van der Waals surface area contributed by atoms with Crippen LogP contribution in [-0.4, -0.2) is 17.9 Å². The fraction of sp³-hybridized carbons (Fsp3) is 0.364. The van der Waals surface area contributed by atoms with Gasteiger partial charge in [-0.3, -0.25) is 0 Å². The van der Waals surface area contributed by atoms with Crippen molar-refractivity contribution in [3.05, 3.63) is 18.2 Å². The lowest BCUT2D eigenvalue weighted by Crippen LogP contribution is -2.50. The van der Waals surface area contributed by atoms with Crippen molar-refractivity contribution in [2.75, 3.05) is 11.1 Å². The van der Waals surface area contributed by atoms with Crippen LogP contribution in [0, 0.1) is 0 Å². The van der Waals surface area contributed by atoms with Crippen molar-refractivity contribution < 1.29 is 9.53 Å². The van der Waals surface area contributed by atoms with Gasteiger partial charge in [0.15, 0.2) is 0 Å². The molecule has 3 N–H and O–H groups in total. The van der Waals surface area contributed by atoms with E-state index >= 15 is 0 Å². The lowest BCUT2D eigenvalue weighted by Gasteiger charge is -2.38. The third kappa shape index (κ3) is 1.63. The number of hydrogen-bond donors (Lipinski definition) is 2. The molecule has 0 spiro atoms. The number of hydrogen-bond acceptors (Lipinski definition) is 4. The molecule has 1 aliphatic rings. The summed E-state index contributed by atoms with van der Waals surface area (Å²) >= 11 is 0. The van der Waals surface area contributed by atoms with Gasteiger partial charge in [0.1, 0.15) is 23.7 Å². The molecule has 4 nitrogen and oxygen atoms in total. The highest BCUT2D eigenvalue weighted by Gasteiger charge is 2.36. The second-order valence-corrected chi connectivity index (χ2v) is 4.22. The van der Waals surface area contributed by atoms with E-state index in [1.165, 1.54) is 0 Å². The van der Waals surface area contributed by atoms with Crippen LogP contribution >= 0.6 is 0 Å². The monoisotopic (exact) mass is 206 g/mol. The summed E-state index contributed by atoms with van der Waals surface area (Å²) in [4.78, 5) is 10.9. The van der Waals surface area contributed by atoms with Crippen molar-refractivity contribution in [1.29, 1.82) is 0 Å². The Morgan fingerprint density at radius 2 is 2.27 bits per heavy atom. The molecule has 1 aromatic carbocycles. The number of rotatable bonds is 1. The quantitative estimate of drug-likeness (QED) is 0.538. The Kier molecular flexibility index (Phi) is 2.07. The van der Waals surface area contributed by atoms with Gasteiger partial charge in [0.2, 0.25) is 0 Å². The molecule has 0 amide bonds. The Balaban J connectivity index is 2.42. The molecule has 15 heavy (non-hydrogen) atoms. The number of ether oxygens (including phenoxy) is 1. The average molecular weight is 206 g/mol. The van der Waals surface area contributed by atoms with Crippen LogP contribution in [0.25, 0.3) is 0 Å². The first-order valence-electron chi connectivity index (χ1n) is 4.83. The smallest absolute Gasteiger partial charge is 0.146 e. The summed E-state index contributed by atoms with van der Waals surface area (Å²) in [6.07, 6.45) is 0.853. The summed E-state index contributed by atoms with van der Waals surface area (Å²) in [5, 5.41) is 3.10. The van der Waals surface area contributed by atoms with Gasteiger partial charge in [0, 0.05) is 5.69 Å². The number of carbonyl (C=O) groups excluding carboxylic acids is 1. The number of nitrogens with two attached hydrogens (primary N) is 1. The molecular weight excluding hydrogens is 192 g/mol. The minimum Gasteiger partial charge on any atom is -0.483 e. The number of benzene rings is 1. The van der Waals surface area contributed by atoms with Crippen LogP contribution in [0.5, 0.6) is 5.75 Å². The second-order valence-electron chi connectivity index (χ2n) is 4.22. The molecule has 1 atom stereocenters. The molecule has 0 aromatic heterocycles. The topological polar surface area (TPSA) is 64.3 Å². The molecule has 4 heteroatoms. The number of nitrogens with one attached hydrogen (secondary N) is 1. The number of fused-ring (bicyclic) bond motifs is 1. The average Bonchev–Trinajstić information content (AvgIpc) is 2.17. The SMILES string of the molecule is CC1(C)Oc2ccc(N)cc2NC1C=O. The van der Waals surface area contributed by atoms with Gasteiger partial charge in [0.05, 0.1) is 5.69 Å². The molecule has 1 aromatic rings. The maximum atomic E-state index is 10.9. The van der Waals surface area contributed by atoms with E-state index in [0.717, 1.165) is 17.7 Å². The first-order valence-corrected chi connectivity index (χ1v) is 4.83. The minimum absolute atomic E-state index is 0.355. The van der Waals surface area contributed by atoms with Crippen LogP contribution in [-0.2, 0) is 4.79 Å². The number of nitrogen functional groups attached to an aromatic ring is 1. The van der Waals surface area contributed by atoms with E-state index in [-0.39, 0.29) is 6.04 Å². The Morgan fingerprint density at radius 3 is 2.93 bits per heavy atom. The predicted octanol–water partition coefficient (Wildman–Crippen LogP) is 1.42. The maximum Gasteiger partial charge on any atom is 0.146 e. The van der Waals surface area contributed by atoms with Gasteiger partial charge in [-0.1, -0.05) is 0 Å². The molecule has 2 rings (SSSR count). The van der Waals surface area contributed by atoms with Crippen LogP contribution in [0.15, 0.2) is 18.2 Å². The second kappa shape index (κ2) is 3.15. The fourth-order valence-corrected chi connectivity index (χ4v) is 1.64. The van der Waals surface area contributed by atoms with Crippen molar-refractivity contribution >= 4 is 17.7 Å². The lowest BCUT2D eigenvalue weighted by atomic mass is 9.97. The standard InChI is InChI=1S/C11H14N2O2/c1-11(2)10(6-14)13-8-5-7(12)3-4-9(8)15-11/h3-6,10,13H,12H2,1-2H3. The van der Waals surface area contributed by atoms with Crippen LogP contribution < -0.4 is 15.8 Å². The van der Waals surface area contributed by atoms with E-state index in [1.54, 1.807) is 18.2 Å².